The fourth-order valence-corrected chi connectivity index (χ4v) is 5.29. The molecule has 13 nitrogen and oxygen atoms in total. The lowest BCUT2D eigenvalue weighted by atomic mass is 9.98. The van der Waals surface area contributed by atoms with E-state index in [9.17, 15) is 19.5 Å². The largest absolute Gasteiger partial charge is 0.477 e. The van der Waals surface area contributed by atoms with Gasteiger partial charge in [0.2, 0.25) is 0 Å². The lowest BCUT2D eigenvalue weighted by Crippen LogP contribution is -2.73. The number of nitrogen functional groups attached to an aromatic ring is 1. The van der Waals surface area contributed by atoms with E-state index in [1.165, 1.54) is 35.6 Å². The highest BCUT2D eigenvalue weighted by molar-refractivity contribution is 8.03. The molecule has 1 fully saturated rings. The molecule has 4 N–H and O–H groups in total. The Labute approximate surface area is 204 Å². The Kier molecular flexibility index (Phi) is 6.92. The molecule has 0 spiro atoms. The zero-order chi connectivity index (χ0) is 24.4. The number of fused-ring (bicyclic) bond motifs is 1. The van der Waals surface area contributed by atoms with Gasteiger partial charge >= 0.3 is 5.97 Å². The quantitative estimate of drug-likeness (QED) is 0.190. The predicted molar refractivity (Wildman–Crippen MR) is 123 cm³/mol. The first kappa shape index (κ1) is 23.8. The maximum Gasteiger partial charge on any atom is 0.353 e. The fourth-order valence-electron chi connectivity index (χ4n) is 3.17. The van der Waals surface area contributed by atoms with Gasteiger partial charge in [0.25, 0.3) is 11.8 Å². The average Bonchev–Trinajstić information content (AvgIpc) is 3.42. The van der Waals surface area contributed by atoms with E-state index >= 15 is 0 Å². The summed E-state index contributed by atoms with van der Waals surface area (Å²) in [6, 6.07) is -1.11. The molecule has 178 valence electrons. The maximum atomic E-state index is 12.8. The molecule has 2 aliphatic heterocycles. The maximum absolute atomic E-state index is 12.8. The number of carboxylic acids is 1. The van der Waals surface area contributed by atoms with Crippen molar-refractivity contribution in [1.82, 2.24) is 25.4 Å². The average molecular weight is 524 g/mol. The van der Waals surface area contributed by atoms with Gasteiger partial charge in [-0.15, -0.1) is 21.5 Å². The molecule has 16 heteroatoms. The van der Waals surface area contributed by atoms with Crippen LogP contribution in [0.1, 0.15) is 10.7 Å². The zero-order valence-corrected chi connectivity index (χ0v) is 20.1. The lowest BCUT2D eigenvalue weighted by molar-refractivity contribution is -0.184. The van der Waals surface area contributed by atoms with Crippen molar-refractivity contribution in [2.45, 2.75) is 23.5 Å². The van der Waals surface area contributed by atoms with Crippen LogP contribution in [0.15, 0.2) is 37.6 Å². The van der Waals surface area contributed by atoms with Crippen LogP contribution in [0.5, 0.6) is 0 Å². The number of nitrogens with zero attached hydrogens (tertiary/aromatic N) is 5. The number of aryl methyl sites for hydroxylation is 1. The second kappa shape index (κ2) is 9.88. The Morgan fingerprint density at radius 1 is 1.47 bits per heavy atom. The molecule has 0 aromatic carbocycles. The summed E-state index contributed by atoms with van der Waals surface area (Å²) in [4.78, 5) is 47.2. The van der Waals surface area contributed by atoms with Crippen LogP contribution in [0.25, 0.3) is 0 Å². The third-order valence-electron chi connectivity index (χ3n) is 4.59. The smallest absolute Gasteiger partial charge is 0.353 e. The second-order valence-electron chi connectivity index (χ2n) is 6.74. The van der Waals surface area contributed by atoms with Gasteiger partial charge in [-0.05, 0) is 18.4 Å². The molecule has 2 aromatic heterocycles. The Morgan fingerprint density at radius 3 is 2.88 bits per heavy atom. The van der Waals surface area contributed by atoms with Crippen LogP contribution in [0, 0.1) is 6.92 Å². The predicted octanol–water partition coefficient (Wildman–Crippen LogP) is 0.564. The van der Waals surface area contributed by atoms with Crippen molar-refractivity contribution in [3.63, 3.8) is 0 Å². The number of amides is 2. The van der Waals surface area contributed by atoms with Crippen LogP contribution in [-0.2, 0) is 24.0 Å². The number of thioether (sulfide) groups is 1. The summed E-state index contributed by atoms with van der Waals surface area (Å²) in [6.45, 7) is 1.75. The molecule has 4 heterocycles. The highest BCUT2D eigenvalue weighted by atomic mass is 32.2. The minimum Gasteiger partial charge on any atom is -0.477 e. The minimum absolute atomic E-state index is 0.0731. The molecule has 0 saturated carbocycles. The van der Waals surface area contributed by atoms with Gasteiger partial charge in [-0.2, -0.15) is 0 Å². The summed E-state index contributed by atoms with van der Waals surface area (Å²) in [7, 11) is 1.26. The summed E-state index contributed by atoms with van der Waals surface area (Å²) in [6.07, 6.45) is 0.568. The second-order valence-corrected chi connectivity index (χ2v) is 9.97. The van der Waals surface area contributed by atoms with E-state index in [-0.39, 0.29) is 28.8 Å². The number of nitrogens with one attached hydrogen (secondary N) is 1. The molecule has 2 aromatic rings. The number of nitrogens with two attached hydrogens (primary N) is 1. The van der Waals surface area contributed by atoms with Crippen LogP contribution in [0.4, 0.5) is 5.13 Å². The van der Waals surface area contributed by atoms with E-state index in [0.717, 1.165) is 21.2 Å². The molecule has 2 amide bonds. The third-order valence-corrected chi connectivity index (χ3v) is 7.00. The third kappa shape index (κ3) is 4.65. The summed E-state index contributed by atoms with van der Waals surface area (Å²) < 4.78 is 6.38. The van der Waals surface area contributed by atoms with Gasteiger partial charge in [-0.25, -0.2) is 9.78 Å². The van der Waals surface area contributed by atoms with E-state index in [0.29, 0.717) is 9.91 Å². The standard InChI is InChI=1S/C18H17N7O6S3/c1-7-22-23-18(34-7)32-4-3-8-5-31-15-11(14(27)25(15)12(8)16(28)29)21-13(26)10(24-30-2)9-6-33-17(19)20-9/h3-4,6,11,15H,5H2,1-2H3,(H2,19,20)(H,21,26)(H,28,29)/b4-3+,24-10+. The number of anilines is 1. The van der Waals surface area contributed by atoms with Crippen molar-refractivity contribution in [3.8, 4) is 0 Å². The first-order chi connectivity index (χ1) is 16.3. The molecule has 0 radical (unpaired) electrons. The molecular formula is C18H17N7O6S3. The monoisotopic (exact) mass is 523 g/mol. The molecule has 2 unspecified atom stereocenters. The highest BCUT2D eigenvalue weighted by Crippen LogP contribution is 2.34. The van der Waals surface area contributed by atoms with Crippen LogP contribution >= 0.6 is 34.4 Å². The normalized spacial score (nSPS) is 20.4. The molecule has 0 aliphatic carbocycles. The van der Waals surface area contributed by atoms with Gasteiger partial charge in [0.15, 0.2) is 27.5 Å². The van der Waals surface area contributed by atoms with Crippen LogP contribution in [0.3, 0.4) is 0 Å². The molecule has 34 heavy (non-hydrogen) atoms. The molecule has 4 rings (SSSR count). The number of hydrogen-bond donors (Lipinski definition) is 3. The molecule has 2 aliphatic rings. The van der Waals surface area contributed by atoms with Crippen LogP contribution in [-0.4, -0.2) is 74.7 Å². The van der Waals surface area contributed by atoms with Crippen molar-refractivity contribution in [2.24, 2.45) is 5.16 Å². The SMILES string of the molecule is CO/N=C(/C(=O)NC1C(=O)N2C(C(=O)O)=C(/C=C/Sc3nnc(C)s3)COC12)c1csc(N)n1. The van der Waals surface area contributed by atoms with E-state index in [2.05, 4.69) is 25.7 Å². The molecule has 2 atom stereocenters. The van der Waals surface area contributed by atoms with Gasteiger partial charge in [0.1, 0.15) is 23.5 Å². The summed E-state index contributed by atoms with van der Waals surface area (Å²) in [5.74, 6) is -2.67. The van der Waals surface area contributed by atoms with Gasteiger partial charge in [-0.3, -0.25) is 14.5 Å². The summed E-state index contributed by atoms with van der Waals surface area (Å²) in [5.41, 5.74) is 5.70. The van der Waals surface area contributed by atoms with Gasteiger partial charge in [0, 0.05) is 11.0 Å². The van der Waals surface area contributed by atoms with Crippen LogP contribution in [0.2, 0.25) is 0 Å². The summed E-state index contributed by atoms with van der Waals surface area (Å²) >= 11 is 3.77. The Hall–Kier alpha value is -3.34. The Bertz CT molecular complexity index is 1240. The number of carbonyl (C=O) groups excluding carboxylic acids is 2. The lowest BCUT2D eigenvalue weighted by Gasteiger charge is -2.49. The number of oxime groups is 1. The van der Waals surface area contributed by atoms with Crippen molar-refractivity contribution < 1.29 is 29.1 Å². The van der Waals surface area contributed by atoms with E-state index < -0.39 is 30.1 Å². The summed E-state index contributed by atoms with van der Waals surface area (Å²) in [5, 5.41) is 28.0. The molecule has 1 saturated heterocycles. The van der Waals surface area contributed by atoms with Gasteiger partial charge < -0.3 is 25.7 Å². The number of aliphatic carboxylic acids is 1. The minimum atomic E-state index is -1.29. The topological polar surface area (TPSA) is 182 Å². The van der Waals surface area contributed by atoms with E-state index in [1.807, 2.05) is 6.92 Å². The fraction of sp³-hybridized carbons (Fsp3) is 0.278. The first-order valence-electron chi connectivity index (χ1n) is 9.48. The van der Waals surface area contributed by atoms with Gasteiger partial charge in [-0.1, -0.05) is 28.3 Å². The molecule has 0 bridgehead atoms. The van der Waals surface area contributed by atoms with Crippen molar-refractivity contribution in [3.05, 3.63) is 38.8 Å². The highest BCUT2D eigenvalue weighted by Gasteiger charge is 2.55. The number of ether oxygens (including phenoxy) is 1. The number of thiazole rings is 1. The number of hydrogen-bond acceptors (Lipinski definition) is 13. The van der Waals surface area contributed by atoms with Crippen molar-refractivity contribution in [2.75, 3.05) is 19.5 Å². The molecular weight excluding hydrogens is 506 g/mol. The van der Waals surface area contributed by atoms with E-state index in [4.69, 9.17) is 15.3 Å². The number of β-lactam (4-membered cyclic amide) rings is 1. The number of carboxylic acid groups (broad SMARTS) is 1. The first-order valence-corrected chi connectivity index (χ1v) is 12.1. The number of aromatic nitrogens is 3. The van der Waals surface area contributed by atoms with Crippen molar-refractivity contribution in [1.29, 1.82) is 0 Å². The van der Waals surface area contributed by atoms with Gasteiger partial charge in [0.05, 0.1) is 6.61 Å². The van der Waals surface area contributed by atoms with E-state index in [1.54, 1.807) is 11.5 Å². The zero-order valence-electron chi connectivity index (χ0n) is 17.6. The van der Waals surface area contributed by atoms with Crippen molar-refractivity contribution >= 4 is 63.1 Å². The van der Waals surface area contributed by atoms with Crippen LogP contribution < -0.4 is 11.1 Å². The number of rotatable bonds is 8. The number of carbonyl (C=O) groups is 3. The Morgan fingerprint density at radius 2 is 2.26 bits per heavy atom. The Balaban J connectivity index is 1.49.